The number of likely N-dealkylation sites (tertiary alicyclic amines) is 1. The zero-order valence-electron chi connectivity index (χ0n) is 20.3. The summed E-state index contributed by atoms with van der Waals surface area (Å²) in [6, 6.07) is 11.0. The molecule has 0 spiro atoms. The average molecular weight is 469 g/mol. The summed E-state index contributed by atoms with van der Waals surface area (Å²) in [7, 11) is 6.96. The molecule has 1 saturated heterocycles. The Balaban J connectivity index is 2.15. The highest BCUT2D eigenvalue weighted by Crippen LogP contribution is 2.41. The number of ketones is 1. The summed E-state index contributed by atoms with van der Waals surface area (Å²) in [4.78, 5) is 28.8. The van der Waals surface area contributed by atoms with Crippen molar-refractivity contribution in [2.75, 3.05) is 48.0 Å². The van der Waals surface area contributed by atoms with Gasteiger partial charge < -0.3 is 29.1 Å². The molecule has 1 amide bonds. The van der Waals surface area contributed by atoms with Gasteiger partial charge in [0.25, 0.3) is 5.91 Å². The maximum Gasteiger partial charge on any atom is 0.295 e. The van der Waals surface area contributed by atoms with E-state index in [4.69, 9.17) is 14.2 Å². The van der Waals surface area contributed by atoms with Gasteiger partial charge in [-0.1, -0.05) is 30.9 Å². The summed E-state index contributed by atoms with van der Waals surface area (Å²) in [5.41, 5.74) is 0.826. The SMILES string of the molecule is CCCOc1ccc(C2/C(=C(\[O-])c3cccc(OC)c3)C(=O)C(=O)N2CC[NH+](C)C)cc1OC. The molecule has 3 rings (SSSR count). The predicted molar refractivity (Wildman–Crippen MR) is 126 cm³/mol. The number of hydrogen-bond donors (Lipinski definition) is 1. The molecule has 182 valence electrons. The standard InChI is InChI=1S/C26H32N2O6/c1-6-14-34-20-11-10-17(16-21(20)33-5)23-22(24(29)18-8-7-9-19(15-18)32-4)25(30)26(31)28(23)13-12-27(2)3/h7-11,15-16,23,29H,6,12-14H2,1-5H3/b24-22+. The zero-order valence-corrected chi connectivity index (χ0v) is 20.3. The number of nitrogens with zero attached hydrogens (tertiary/aromatic N) is 1. The molecule has 0 bridgehead atoms. The van der Waals surface area contributed by atoms with Crippen molar-refractivity contribution in [3.63, 3.8) is 0 Å². The molecule has 2 aromatic rings. The summed E-state index contributed by atoms with van der Waals surface area (Å²) < 4.78 is 16.5. The second kappa shape index (κ2) is 11.1. The number of rotatable bonds is 10. The van der Waals surface area contributed by atoms with Gasteiger partial charge in [-0.25, -0.2) is 0 Å². The topological polar surface area (TPSA) is 92.6 Å². The number of amides is 1. The maximum absolute atomic E-state index is 13.5. The van der Waals surface area contributed by atoms with Crippen molar-refractivity contribution >= 4 is 17.4 Å². The van der Waals surface area contributed by atoms with E-state index in [9.17, 15) is 14.7 Å². The van der Waals surface area contributed by atoms with Crippen LogP contribution in [0, 0.1) is 0 Å². The molecular weight excluding hydrogens is 436 g/mol. The van der Waals surface area contributed by atoms with Crippen molar-refractivity contribution in [2.24, 2.45) is 0 Å². The van der Waals surface area contributed by atoms with Gasteiger partial charge >= 0.3 is 0 Å². The number of benzene rings is 2. The van der Waals surface area contributed by atoms with E-state index in [-0.39, 0.29) is 11.1 Å². The molecule has 1 heterocycles. The maximum atomic E-state index is 13.5. The lowest BCUT2D eigenvalue weighted by atomic mass is 9.95. The minimum Gasteiger partial charge on any atom is -0.872 e. The van der Waals surface area contributed by atoms with E-state index in [0.29, 0.717) is 42.5 Å². The normalized spacial score (nSPS) is 17.4. The van der Waals surface area contributed by atoms with Gasteiger partial charge in [0.1, 0.15) is 5.75 Å². The lowest BCUT2D eigenvalue weighted by Crippen LogP contribution is -3.06. The zero-order chi connectivity index (χ0) is 24.8. The van der Waals surface area contributed by atoms with Crippen molar-refractivity contribution in [1.29, 1.82) is 0 Å². The van der Waals surface area contributed by atoms with Gasteiger partial charge in [-0.15, -0.1) is 0 Å². The Labute approximate surface area is 200 Å². The van der Waals surface area contributed by atoms with E-state index >= 15 is 0 Å². The van der Waals surface area contributed by atoms with Crippen LogP contribution in [-0.2, 0) is 9.59 Å². The van der Waals surface area contributed by atoms with Crippen molar-refractivity contribution in [2.45, 2.75) is 19.4 Å². The molecular formula is C26H32N2O6. The molecule has 1 aliphatic heterocycles. The van der Waals surface area contributed by atoms with E-state index < -0.39 is 23.5 Å². The highest BCUT2D eigenvalue weighted by atomic mass is 16.5. The Bertz CT molecular complexity index is 1080. The number of hydrogen-bond acceptors (Lipinski definition) is 6. The van der Waals surface area contributed by atoms with Crippen LogP contribution in [0.25, 0.3) is 5.76 Å². The number of nitrogens with one attached hydrogen (secondary N) is 1. The number of methoxy groups -OCH3 is 2. The Kier molecular flexibility index (Phi) is 8.17. The fourth-order valence-corrected chi connectivity index (χ4v) is 3.90. The largest absolute Gasteiger partial charge is 0.872 e. The monoisotopic (exact) mass is 468 g/mol. The van der Waals surface area contributed by atoms with Gasteiger partial charge in [0.05, 0.1) is 54.1 Å². The van der Waals surface area contributed by atoms with Crippen molar-refractivity contribution in [3.8, 4) is 17.2 Å². The minimum atomic E-state index is -0.827. The Hall–Kier alpha value is -3.52. The van der Waals surface area contributed by atoms with Crippen LogP contribution in [0.1, 0.15) is 30.5 Å². The summed E-state index contributed by atoms with van der Waals surface area (Å²) in [5.74, 6) is -0.420. The van der Waals surface area contributed by atoms with E-state index in [1.54, 1.807) is 42.5 Å². The number of likely N-dealkylation sites (N-methyl/N-ethyl adjacent to an activating group) is 1. The van der Waals surface area contributed by atoms with E-state index in [0.717, 1.165) is 11.3 Å². The van der Waals surface area contributed by atoms with Gasteiger partial charge in [-0.3, -0.25) is 9.59 Å². The Morgan fingerprint density at radius 3 is 2.47 bits per heavy atom. The molecule has 1 fully saturated rings. The fourth-order valence-electron chi connectivity index (χ4n) is 3.90. The van der Waals surface area contributed by atoms with E-state index in [2.05, 4.69) is 0 Å². The van der Waals surface area contributed by atoms with Crippen LogP contribution in [-0.4, -0.2) is 64.6 Å². The summed E-state index contributed by atoms with van der Waals surface area (Å²) in [6.07, 6.45) is 0.837. The molecule has 0 aromatic heterocycles. The Morgan fingerprint density at radius 2 is 1.82 bits per heavy atom. The molecule has 0 saturated carbocycles. The van der Waals surface area contributed by atoms with Gasteiger partial charge in [-0.05, 0) is 41.8 Å². The van der Waals surface area contributed by atoms with Gasteiger partial charge in [0.2, 0.25) is 5.78 Å². The van der Waals surface area contributed by atoms with Crippen LogP contribution in [0.15, 0.2) is 48.0 Å². The first-order valence-corrected chi connectivity index (χ1v) is 11.3. The molecule has 8 heteroatoms. The van der Waals surface area contributed by atoms with Crippen molar-refractivity contribution in [1.82, 2.24) is 4.90 Å². The molecule has 1 aliphatic rings. The second-order valence-corrected chi connectivity index (χ2v) is 8.42. The molecule has 0 aliphatic carbocycles. The summed E-state index contributed by atoms with van der Waals surface area (Å²) in [5, 5.41) is 13.5. The van der Waals surface area contributed by atoms with Gasteiger partial charge in [0, 0.05) is 5.57 Å². The lowest BCUT2D eigenvalue weighted by Gasteiger charge is -2.28. The van der Waals surface area contributed by atoms with Crippen molar-refractivity contribution < 1.29 is 33.8 Å². The predicted octanol–water partition coefficient (Wildman–Crippen LogP) is 0.861. The second-order valence-electron chi connectivity index (χ2n) is 8.42. The Morgan fingerprint density at radius 1 is 1.06 bits per heavy atom. The lowest BCUT2D eigenvalue weighted by molar-refractivity contribution is -0.857. The van der Waals surface area contributed by atoms with Crippen LogP contribution in [0.3, 0.4) is 0 Å². The number of quaternary nitrogens is 1. The first kappa shape index (κ1) is 25.1. The smallest absolute Gasteiger partial charge is 0.295 e. The molecule has 8 nitrogen and oxygen atoms in total. The third kappa shape index (κ3) is 5.17. The molecule has 34 heavy (non-hydrogen) atoms. The van der Waals surface area contributed by atoms with Gasteiger partial charge in [0.15, 0.2) is 11.5 Å². The van der Waals surface area contributed by atoms with Crippen LogP contribution < -0.4 is 24.2 Å². The first-order valence-electron chi connectivity index (χ1n) is 11.3. The summed E-state index contributed by atoms with van der Waals surface area (Å²) >= 11 is 0. The highest BCUT2D eigenvalue weighted by Gasteiger charge is 2.44. The van der Waals surface area contributed by atoms with E-state index in [1.807, 2.05) is 21.0 Å². The quantitative estimate of drug-likeness (QED) is 0.316. The first-order chi connectivity index (χ1) is 16.3. The molecule has 1 unspecified atom stereocenters. The average Bonchev–Trinajstić information content (AvgIpc) is 3.10. The third-order valence-corrected chi connectivity index (χ3v) is 5.68. The third-order valence-electron chi connectivity index (χ3n) is 5.68. The number of carbonyl (C=O) groups is 2. The molecule has 0 radical (unpaired) electrons. The van der Waals surface area contributed by atoms with Crippen LogP contribution in [0.5, 0.6) is 17.2 Å². The fraction of sp³-hybridized carbons (Fsp3) is 0.385. The number of Topliss-reactive ketones (excluding diaryl/α,β-unsaturated/α-hetero) is 1. The van der Waals surface area contributed by atoms with Crippen molar-refractivity contribution in [3.05, 3.63) is 59.2 Å². The number of ether oxygens (including phenoxy) is 3. The van der Waals surface area contributed by atoms with Crippen LogP contribution in [0.2, 0.25) is 0 Å². The highest BCUT2D eigenvalue weighted by molar-refractivity contribution is 6.46. The molecule has 2 aromatic carbocycles. The van der Waals surface area contributed by atoms with Crippen LogP contribution in [0.4, 0.5) is 0 Å². The summed E-state index contributed by atoms with van der Waals surface area (Å²) in [6.45, 7) is 3.47. The number of carbonyl (C=O) groups excluding carboxylic acids is 2. The minimum absolute atomic E-state index is 0.0729. The van der Waals surface area contributed by atoms with E-state index in [1.165, 1.54) is 19.1 Å². The van der Waals surface area contributed by atoms with Gasteiger partial charge in [-0.2, -0.15) is 0 Å². The molecule has 1 N–H and O–H groups in total. The molecule has 1 atom stereocenters. The van der Waals surface area contributed by atoms with Crippen LogP contribution >= 0.6 is 0 Å².